The largest absolute Gasteiger partial charge is 0.382 e. The molecule has 0 heterocycles. The molecule has 0 fully saturated rings. The fraction of sp³-hybridized carbons (Fsp3) is 0.288. The molecule has 0 saturated heterocycles. The predicted molar refractivity (Wildman–Crippen MR) is 261 cm³/mol. The van der Waals surface area contributed by atoms with Crippen LogP contribution < -0.4 is 31.8 Å². The van der Waals surface area contributed by atoms with Gasteiger partial charge in [0.25, 0.3) is 6.79 Å². The van der Waals surface area contributed by atoms with Crippen molar-refractivity contribution in [3.8, 4) is 0 Å². The van der Waals surface area contributed by atoms with Gasteiger partial charge in [-0.05, 0) is 114 Å². The van der Waals surface area contributed by atoms with Gasteiger partial charge < -0.3 is 14.2 Å². The van der Waals surface area contributed by atoms with E-state index in [4.69, 9.17) is 19.0 Å². The van der Waals surface area contributed by atoms with Crippen LogP contribution in [0.4, 0.5) is 0 Å². The van der Waals surface area contributed by atoms with Crippen molar-refractivity contribution < 1.29 is 38.5 Å². The Kier molecular flexibility index (Phi) is 31.2. The second kappa shape index (κ2) is 35.4. The molecule has 0 saturated carbocycles. The molecule has 0 unspecified atom stereocenters. The standard InChI is InChI=1S/3C17H21OP.CO.Rh/c3*1-2-18-14-9-15-19(16-10-5-3-6-11-16)17-12-7-4-8-13-17;1-2;/h3*3-8,10-13H,2,9,14-15H2,1H3;;. The zero-order valence-corrected chi connectivity index (χ0v) is 39.9. The molecule has 8 heteroatoms. The van der Waals surface area contributed by atoms with Crippen molar-refractivity contribution in [1.29, 1.82) is 0 Å². The van der Waals surface area contributed by atoms with Crippen LogP contribution in [0.1, 0.15) is 40.0 Å². The van der Waals surface area contributed by atoms with Gasteiger partial charge in [0.05, 0.1) is 0 Å². The molecule has 0 aliphatic heterocycles. The predicted octanol–water partition coefficient (Wildman–Crippen LogP) is 10.2. The van der Waals surface area contributed by atoms with E-state index in [0.717, 1.165) is 58.9 Å². The molecule has 0 aliphatic carbocycles. The smallest absolute Gasteiger partial charge is 0.281 e. The SMILES string of the molecule is CCOCCCP(c1ccccc1)c1ccccc1.CCOCCCP(c1ccccc1)c1ccccc1.CCOCCCP(c1ccccc1)c1ccccc1.[C]=O.[Rh]. The minimum atomic E-state index is -0.247. The summed E-state index contributed by atoms with van der Waals surface area (Å²) < 4.78 is 16.4. The molecule has 3 radical (unpaired) electrons. The molecule has 0 bridgehead atoms. The molecule has 0 aromatic heterocycles. The van der Waals surface area contributed by atoms with E-state index in [1.54, 1.807) is 0 Å². The average molecular weight is 948 g/mol. The normalized spacial score (nSPS) is 10.4. The summed E-state index contributed by atoms with van der Waals surface area (Å²) in [4.78, 5) is 7.50. The van der Waals surface area contributed by atoms with Crippen molar-refractivity contribution >= 4 is 62.4 Å². The van der Waals surface area contributed by atoms with Gasteiger partial charge in [-0.25, -0.2) is 0 Å². The number of rotatable bonds is 21. The average Bonchev–Trinajstić information content (AvgIpc) is 3.32. The third-order valence-corrected chi connectivity index (χ3v) is 16.9. The summed E-state index contributed by atoms with van der Waals surface area (Å²) in [5, 5.41) is 8.75. The van der Waals surface area contributed by atoms with Crippen molar-refractivity contribution in [2.75, 3.05) is 58.1 Å². The summed E-state index contributed by atoms with van der Waals surface area (Å²) in [7, 11) is -0.742. The third-order valence-electron chi connectivity index (χ3n) is 9.03. The Morgan fingerprint density at radius 3 is 0.650 bits per heavy atom. The Labute approximate surface area is 378 Å². The summed E-state index contributed by atoms with van der Waals surface area (Å²) in [5.74, 6) is 0. The maximum absolute atomic E-state index is 7.50. The Hall–Kier alpha value is -3.22. The van der Waals surface area contributed by atoms with Gasteiger partial charge in [0.1, 0.15) is 0 Å². The maximum Gasteiger partial charge on any atom is 0.281 e. The molecular weight excluding hydrogens is 884 g/mol. The number of carbonyl (C=O) groups excluding carboxylic acids is 1. The van der Waals surface area contributed by atoms with Crippen LogP contribution >= 0.6 is 23.8 Å². The molecule has 60 heavy (non-hydrogen) atoms. The number of hydrogen-bond donors (Lipinski definition) is 0. The molecule has 6 aromatic carbocycles. The van der Waals surface area contributed by atoms with Crippen molar-refractivity contribution in [2.45, 2.75) is 40.0 Å². The first kappa shape index (κ1) is 52.9. The summed E-state index contributed by atoms with van der Waals surface area (Å²) in [5.41, 5.74) is 0. The van der Waals surface area contributed by atoms with Gasteiger partial charge >= 0.3 is 0 Å². The van der Waals surface area contributed by atoms with Crippen LogP contribution in [0.2, 0.25) is 0 Å². The van der Waals surface area contributed by atoms with Gasteiger partial charge in [0.15, 0.2) is 0 Å². The first-order chi connectivity index (χ1) is 29.2. The van der Waals surface area contributed by atoms with Crippen LogP contribution in [-0.2, 0) is 38.5 Å². The van der Waals surface area contributed by atoms with Crippen LogP contribution in [0.15, 0.2) is 182 Å². The molecule has 4 nitrogen and oxygen atoms in total. The monoisotopic (exact) mass is 947 g/mol. The van der Waals surface area contributed by atoms with Crippen molar-refractivity contribution in [2.24, 2.45) is 0 Å². The maximum atomic E-state index is 7.50. The molecule has 6 rings (SSSR count). The summed E-state index contributed by atoms with van der Waals surface area (Å²) in [6, 6.07) is 65.1. The minimum Gasteiger partial charge on any atom is -0.382 e. The van der Waals surface area contributed by atoms with Crippen LogP contribution in [0.5, 0.6) is 0 Å². The van der Waals surface area contributed by atoms with Crippen molar-refractivity contribution in [3.05, 3.63) is 182 Å². The van der Waals surface area contributed by atoms with E-state index in [9.17, 15) is 0 Å². The molecule has 0 spiro atoms. The molecule has 319 valence electrons. The number of ether oxygens (including phenoxy) is 3. The zero-order valence-electron chi connectivity index (χ0n) is 35.6. The fourth-order valence-corrected chi connectivity index (χ4v) is 13.2. The van der Waals surface area contributed by atoms with Gasteiger partial charge in [-0.15, -0.1) is 0 Å². The zero-order chi connectivity index (χ0) is 42.0. The minimum absolute atomic E-state index is 0. The van der Waals surface area contributed by atoms with E-state index in [1.165, 1.54) is 50.3 Å². The van der Waals surface area contributed by atoms with Gasteiger partial charge in [-0.1, -0.05) is 182 Å². The van der Waals surface area contributed by atoms with Crippen LogP contribution in [0, 0.1) is 0 Å². The second-order valence-electron chi connectivity index (χ2n) is 13.1. The van der Waals surface area contributed by atoms with Gasteiger partial charge in [-0.2, -0.15) is 0 Å². The molecule has 0 aliphatic rings. The summed E-state index contributed by atoms with van der Waals surface area (Å²) >= 11 is 0. The Bertz CT molecular complexity index is 1490. The third kappa shape index (κ3) is 21.0. The Morgan fingerprint density at radius 2 is 0.500 bits per heavy atom. The van der Waals surface area contributed by atoms with Crippen LogP contribution in [0.3, 0.4) is 0 Å². The first-order valence-electron chi connectivity index (χ1n) is 20.8. The van der Waals surface area contributed by atoms with E-state index < -0.39 is 0 Å². The van der Waals surface area contributed by atoms with E-state index in [1.807, 2.05) is 0 Å². The van der Waals surface area contributed by atoms with E-state index >= 15 is 0 Å². The molecular formula is C52H63O4P3Rh. The summed E-state index contributed by atoms with van der Waals surface area (Å²) in [6.45, 7) is 15.7. The van der Waals surface area contributed by atoms with E-state index in [-0.39, 0.29) is 43.2 Å². The topological polar surface area (TPSA) is 44.8 Å². The fourth-order valence-electron chi connectivity index (χ4n) is 6.28. The number of hydrogen-bond acceptors (Lipinski definition) is 4. The van der Waals surface area contributed by atoms with E-state index in [0.29, 0.717) is 0 Å². The Balaban J connectivity index is 0.000000301. The van der Waals surface area contributed by atoms with Crippen LogP contribution in [0.25, 0.3) is 0 Å². The summed E-state index contributed by atoms with van der Waals surface area (Å²) in [6.07, 6.45) is 6.98. The van der Waals surface area contributed by atoms with Crippen LogP contribution in [-0.4, -0.2) is 64.9 Å². The molecule has 0 atom stereocenters. The molecule has 0 amide bonds. The number of benzene rings is 6. The van der Waals surface area contributed by atoms with Gasteiger partial charge in [-0.3, -0.25) is 4.79 Å². The first-order valence-corrected chi connectivity index (χ1v) is 25.4. The van der Waals surface area contributed by atoms with E-state index in [2.05, 4.69) is 210 Å². The van der Waals surface area contributed by atoms with Gasteiger partial charge in [0.2, 0.25) is 0 Å². The van der Waals surface area contributed by atoms with Crippen molar-refractivity contribution in [1.82, 2.24) is 0 Å². The molecule has 0 N–H and O–H groups in total. The molecule has 6 aromatic rings. The van der Waals surface area contributed by atoms with Gasteiger partial charge in [0, 0.05) is 59.1 Å². The second-order valence-corrected chi connectivity index (χ2v) is 20.1. The quantitative estimate of drug-likeness (QED) is 0.0410. The Morgan fingerprint density at radius 1 is 0.333 bits per heavy atom. The van der Waals surface area contributed by atoms with Crippen molar-refractivity contribution in [3.63, 3.8) is 0 Å².